The average molecular weight is 473 g/mol. The molecule has 1 N–H and O–H groups in total. The van der Waals surface area contributed by atoms with E-state index in [0.717, 1.165) is 55.7 Å². The van der Waals surface area contributed by atoms with Crippen LogP contribution in [-0.2, 0) is 0 Å². The van der Waals surface area contributed by atoms with Gasteiger partial charge < -0.3 is 9.80 Å². The minimum Gasteiger partial charge on any atom is -0.370 e. The molecule has 182 valence electrons. The van der Waals surface area contributed by atoms with Gasteiger partial charge in [-0.1, -0.05) is 18.2 Å². The molecule has 0 unspecified atom stereocenters. The summed E-state index contributed by atoms with van der Waals surface area (Å²) in [4.78, 5) is 17.0. The molecule has 6 nitrogen and oxygen atoms in total. The van der Waals surface area contributed by atoms with Crippen LogP contribution >= 0.6 is 0 Å². The van der Waals surface area contributed by atoms with E-state index < -0.39 is 5.82 Å². The largest absolute Gasteiger partial charge is 0.370 e. The molecule has 0 spiro atoms. The van der Waals surface area contributed by atoms with Gasteiger partial charge >= 0.3 is 0 Å². The molecule has 0 amide bonds. The van der Waals surface area contributed by atoms with Gasteiger partial charge in [0.2, 0.25) is 0 Å². The Kier molecular flexibility index (Phi) is 6.88. The second-order valence-corrected chi connectivity index (χ2v) is 9.54. The number of aromatic nitrogens is 2. The molecule has 7 heteroatoms. The predicted octanol–water partition coefficient (Wildman–Crippen LogP) is 4.46. The van der Waals surface area contributed by atoms with Gasteiger partial charge in [0.1, 0.15) is 5.82 Å². The van der Waals surface area contributed by atoms with Crippen molar-refractivity contribution >= 4 is 28.0 Å². The Morgan fingerprint density at radius 2 is 1.74 bits per heavy atom. The summed E-state index contributed by atoms with van der Waals surface area (Å²) in [6.07, 6.45) is 6.09. The smallest absolute Gasteiger partial charge is 0.132 e. The fraction of sp³-hybridized carbons (Fsp3) is 0.393. The number of pyridine rings is 2. The highest BCUT2D eigenvalue weighted by molar-refractivity contribution is 6.30. The van der Waals surface area contributed by atoms with E-state index in [9.17, 15) is 4.39 Å². The van der Waals surface area contributed by atoms with E-state index in [1.54, 1.807) is 18.2 Å². The van der Waals surface area contributed by atoms with Crippen molar-refractivity contribution < 1.29 is 4.39 Å². The van der Waals surface area contributed by atoms with Crippen LogP contribution in [-0.4, -0.2) is 77.8 Å². The van der Waals surface area contributed by atoms with Crippen LogP contribution in [0, 0.1) is 11.2 Å². The van der Waals surface area contributed by atoms with Gasteiger partial charge in [0.05, 0.1) is 34.3 Å². The lowest BCUT2D eigenvalue weighted by Gasteiger charge is -2.42. The average Bonchev–Trinajstić information content (AvgIpc) is 2.89. The molecule has 5 rings (SSSR count). The highest BCUT2D eigenvalue weighted by Gasteiger charge is 2.27. The maximum absolute atomic E-state index is 14.3. The first-order valence-electron chi connectivity index (χ1n) is 12.5. The molecule has 0 atom stereocenters. The van der Waals surface area contributed by atoms with Gasteiger partial charge in [-0.25, -0.2) is 9.37 Å². The number of nitrogens with one attached hydrogen (secondary N) is 1. The molecule has 2 aromatic heterocycles. The number of nitrogens with zero attached hydrogens (tertiary/aromatic N) is 5. The third-order valence-corrected chi connectivity index (χ3v) is 7.38. The summed E-state index contributed by atoms with van der Waals surface area (Å²) in [5, 5.41) is 8.61. The molecule has 0 saturated carbocycles. The van der Waals surface area contributed by atoms with E-state index in [0.29, 0.717) is 17.3 Å². The summed E-state index contributed by atoms with van der Waals surface area (Å²) in [5.41, 5.74) is 4.37. The molecule has 0 bridgehead atoms. The third kappa shape index (κ3) is 4.97. The van der Waals surface area contributed by atoms with Crippen LogP contribution in [0.4, 0.5) is 10.1 Å². The summed E-state index contributed by atoms with van der Waals surface area (Å²) in [6.45, 7) is 8.54. The van der Waals surface area contributed by atoms with Crippen LogP contribution in [0.2, 0.25) is 0 Å². The predicted molar refractivity (Wildman–Crippen MR) is 141 cm³/mol. The molecule has 4 heterocycles. The number of fused-ring (bicyclic) bond motifs is 1. The maximum Gasteiger partial charge on any atom is 0.132 e. The highest BCUT2D eigenvalue weighted by Crippen LogP contribution is 2.27. The molecular weight excluding hydrogens is 439 g/mol. The minimum absolute atomic E-state index is 0.132. The zero-order valence-corrected chi connectivity index (χ0v) is 20.5. The van der Waals surface area contributed by atoms with Crippen molar-refractivity contribution in [2.45, 2.75) is 25.8 Å². The number of anilines is 1. The molecule has 2 aliphatic rings. The van der Waals surface area contributed by atoms with Crippen molar-refractivity contribution in [3.63, 3.8) is 0 Å². The molecular formula is C28H33FN6. The fourth-order valence-electron chi connectivity index (χ4n) is 5.22. The number of rotatable bonds is 5. The van der Waals surface area contributed by atoms with E-state index in [2.05, 4.69) is 32.8 Å². The van der Waals surface area contributed by atoms with Crippen molar-refractivity contribution in [2.24, 2.45) is 0 Å². The number of allylic oxidation sites excluding steroid dienone is 2. The molecule has 2 aliphatic heterocycles. The maximum atomic E-state index is 14.3. The van der Waals surface area contributed by atoms with E-state index in [1.165, 1.54) is 19.2 Å². The summed E-state index contributed by atoms with van der Waals surface area (Å²) in [6, 6.07) is 13.0. The van der Waals surface area contributed by atoms with Crippen molar-refractivity contribution in [1.82, 2.24) is 19.8 Å². The van der Waals surface area contributed by atoms with Crippen molar-refractivity contribution in [3.05, 3.63) is 71.8 Å². The van der Waals surface area contributed by atoms with Crippen LogP contribution in [0.25, 0.3) is 16.6 Å². The number of hydrogen-bond acceptors (Lipinski definition) is 6. The Hall–Kier alpha value is -3.16. The lowest BCUT2D eigenvalue weighted by Crippen LogP contribution is -2.52. The highest BCUT2D eigenvalue weighted by atomic mass is 19.1. The van der Waals surface area contributed by atoms with Crippen LogP contribution in [0.15, 0.2) is 54.7 Å². The molecule has 2 fully saturated rings. The number of piperidine rings is 1. The Bertz CT molecular complexity index is 1240. The Morgan fingerprint density at radius 1 is 1.00 bits per heavy atom. The van der Waals surface area contributed by atoms with Gasteiger partial charge in [-0.3, -0.25) is 15.3 Å². The topological polar surface area (TPSA) is 59.4 Å². The molecule has 3 aromatic rings. The molecule has 35 heavy (non-hydrogen) atoms. The quantitative estimate of drug-likeness (QED) is 0.556. The number of hydrogen-bond donors (Lipinski definition) is 1. The number of piperazine rings is 1. The first-order valence-corrected chi connectivity index (χ1v) is 12.5. The summed E-state index contributed by atoms with van der Waals surface area (Å²) in [7, 11) is 2.20. The number of likely N-dealkylation sites (N-methyl/N-ethyl adjacent to an activating group) is 1. The van der Waals surface area contributed by atoms with E-state index >= 15 is 0 Å². The normalized spacial score (nSPS) is 18.8. The van der Waals surface area contributed by atoms with Crippen molar-refractivity contribution in [3.8, 4) is 0 Å². The fourth-order valence-corrected chi connectivity index (χ4v) is 5.22. The van der Waals surface area contributed by atoms with E-state index in [-0.39, 0.29) is 11.3 Å². The molecule has 1 aromatic carbocycles. The second-order valence-electron chi connectivity index (χ2n) is 9.54. The SMILES string of the molecule is C/C=C(\C(=N)c1ccccc1F)c1ccc2ncc(N3CCC(N4CCN(C)CC4)CC3)cc2n1. The van der Waals surface area contributed by atoms with Crippen LogP contribution < -0.4 is 4.90 Å². The summed E-state index contributed by atoms with van der Waals surface area (Å²) >= 11 is 0. The Morgan fingerprint density at radius 3 is 2.46 bits per heavy atom. The zero-order valence-electron chi connectivity index (χ0n) is 20.5. The van der Waals surface area contributed by atoms with Crippen LogP contribution in [0.5, 0.6) is 0 Å². The van der Waals surface area contributed by atoms with E-state index in [1.807, 2.05) is 31.3 Å². The summed E-state index contributed by atoms with van der Waals surface area (Å²) < 4.78 is 14.3. The Labute approximate surface area is 206 Å². The second kappa shape index (κ2) is 10.2. The molecule has 0 aliphatic carbocycles. The van der Waals surface area contributed by atoms with Crippen LogP contribution in [0.3, 0.4) is 0 Å². The molecule has 0 radical (unpaired) electrons. The number of benzene rings is 1. The van der Waals surface area contributed by atoms with E-state index in [4.69, 9.17) is 10.4 Å². The standard InChI is InChI=1S/C28H33FN6/c1-3-22(28(30)23-6-4-5-7-24(23)29)25-8-9-26-27(32-25)18-21(19-31-26)34-12-10-20(11-13-34)35-16-14-33(2)15-17-35/h3-9,18-20,30H,10-17H2,1-2H3/b22-3-,30-28?. The minimum atomic E-state index is -0.401. The van der Waals surface area contributed by atoms with Gasteiger partial charge in [-0.05, 0) is 57.1 Å². The monoisotopic (exact) mass is 472 g/mol. The van der Waals surface area contributed by atoms with Crippen LogP contribution in [0.1, 0.15) is 31.0 Å². The summed E-state index contributed by atoms with van der Waals surface area (Å²) in [5.74, 6) is -0.401. The lowest BCUT2D eigenvalue weighted by molar-refractivity contribution is 0.0982. The van der Waals surface area contributed by atoms with Gasteiger partial charge in [0.25, 0.3) is 0 Å². The first kappa shape index (κ1) is 23.6. The molecule has 2 saturated heterocycles. The Balaban J connectivity index is 1.33. The van der Waals surface area contributed by atoms with Gasteiger partial charge in [0, 0.05) is 56.4 Å². The first-order chi connectivity index (χ1) is 17.0. The van der Waals surface area contributed by atoms with Crippen molar-refractivity contribution in [1.29, 1.82) is 5.41 Å². The zero-order chi connectivity index (χ0) is 24.4. The lowest BCUT2D eigenvalue weighted by atomic mass is 9.98. The van der Waals surface area contributed by atoms with Gasteiger partial charge in [0.15, 0.2) is 0 Å². The van der Waals surface area contributed by atoms with Gasteiger partial charge in [-0.15, -0.1) is 0 Å². The van der Waals surface area contributed by atoms with Crippen molar-refractivity contribution in [2.75, 3.05) is 51.2 Å². The third-order valence-electron chi connectivity index (χ3n) is 7.38. The van der Waals surface area contributed by atoms with Gasteiger partial charge in [-0.2, -0.15) is 0 Å². The number of halogens is 1.